The van der Waals surface area contributed by atoms with Gasteiger partial charge in [-0.1, -0.05) is 6.07 Å². The second-order valence-electron chi connectivity index (χ2n) is 6.60. The van der Waals surface area contributed by atoms with Gasteiger partial charge in [0, 0.05) is 25.6 Å². The molecule has 7 nitrogen and oxygen atoms in total. The molecule has 1 aromatic carbocycles. The first kappa shape index (κ1) is 19.1. The van der Waals surface area contributed by atoms with Crippen molar-refractivity contribution in [3.63, 3.8) is 0 Å². The number of ether oxygens (including phenoxy) is 1. The Morgan fingerprint density at radius 1 is 1.33 bits per heavy atom. The fourth-order valence-corrected chi connectivity index (χ4v) is 3.03. The Morgan fingerprint density at radius 3 is 3.04 bits per heavy atom. The first-order valence-electron chi connectivity index (χ1n) is 9.51. The summed E-state index contributed by atoms with van der Waals surface area (Å²) in [6.45, 7) is 6.68. The molecule has 146 valence electrons. The molecule has 0 bridgehead atoms. The second-order valence-corrected chi connectivity index (χ2v) is 6.60. The van der Waals surface area contributed by atoms with Crippen LogP contribution in [0.5, 0.6) is 5.75 Å². The molecule has 0 radical (unpaired) electrons. The van der Waals surface area contributed by atoms with Crippen LogP contribution in [0, 0.1) is 5.82 Å². The lowest BCUT2D eigenvalue weighted by molar-refractivity contribution is 0.223. The summed E-state index contributed by atoms with van der Waals surface area (Å²) in [7, 11) is 0. The summed E-state index contributed by atoms with van der Waals surface area (Å²) in [5.41, 5.74) is 0. The first-order valence-corrected chi connectivity index (χ1v) is 9.51. The van der Waals surface area contributed by atoms with Crippen LogP contribution in [-0.2, 0) is 19.5 Å². The van der Waals surface area contributed by atoms with E-state index in [1.165, 1.54) is 18.6 Å². The SMILES string of the molecule is CCNC(=NCc1nnc2n1CCCC2)NCC(C)Oc1cccc(F)c1. The van der Waals surface area contributed by atoms with Gasteiger partial charge in [-0.15, -0.1) is 10.2 Å². The molecule has 0 aliphatic carbocycles. The summed E-state index contributed by atoms with van der Waals surface area (Å²) in [4.78, 5) is 4.61. The molecule has 0 saturated carbocycles. The Kier molecular flexibility index (Phi) is 6.62. The predicted octanol–water partition coefficient (Wildman–Crippen LogP) is 2.28. The Balaban J connectivity index is 1.55. The highest BCUT2D eigenvalue weighted by atomic mass is 19.1. The number of guanidine groups is 1. The molecule has 1 atom stereocenters. The smallest absolute Gasteiger partial charge is 0.191 e. The topological polar surface area (TPSA) is 76.4 Å². The monoisotopic (exact) mass is 374 g/mol. The molecule has 8 heteroatoms. The van der Waals surface area contributed by atoms with E-state index in [0.717, 1.165) is 37.6 Å². The standard InChI is InChI=1S/C19H27FN6O/c1-3-21-19(22-12-14(2)27-16-8-6-7-15(20)11-16)23-13-18-25-24-17-9-4-5-10-26(17)18/h6-8,11,14H,3-5,9-10,12-13H2,1-2H3,(H2,21,22,23). The molecule has 1 aliphatic heterocycles. The van der Waals surface area contributed by atoms with Crippen molar-refractivity contribution in [2.45, 2.75) is 52.3 Å². The van der Waals surface area contributed by atoms with Crippen LogP contribution in [-0.4, -0.2) is 39.9 Å². The molecule has 2 aromatic rings. The van der Waals surface area contributed by atoms with Gasteiger partial charge < -0.3 is 19.9 Å². The number of hydrogen-bond donors (Lipinski definition) is 2. The lowest BCUT2D eigenvalue weighted by Crippen LogP contribution is -2.41. The van der Waals surface area contributed by atoms with Crippen LogP contribution < -0.4 is 15.4 Å². The van der Waals surface area contributed by atoms with Crippen LogP contribution in [0.4, 0.5) is 4.39 Å². The minimum Gasteiger partial charge on any atom is -0.489 e. The molecule has 1 aliphatic rings. The minimum atomic E-state index is -0.306. The van der Waals surface area contributed by atoms with E-state index in [1.807, 2.05) is 13.8 Å². The van der Waals surface area contributed by atoms with E-state index >= 15 is 0 Å². The normalized spacial score (nSPS) is 15.1. The average Bonchev–Trinajstić information content (AvgIpc) is 3.07. The highest BCUT2D eigenvalue weighted by Crippen LogP contribution is 2.15. The predicted molar refractivity (Wildman–Crippen MR) is 102 cm³/mol. The summed E-state index contributed by atoms with van der Waals surface area (Å²) in [5.74, 6) is 2.85. The number of halogens is 1. The lowest BCUT2D eigenvalue weighted by Gasteiger charge is -2.18. The summed E-state index contributed by atoms with van der Waals surface area (Å²) in [5, 5.41) is 15.0. The van der Waals surface area contributed by atoms with Crippen molar-refractivity contribution in [2.24, 2.45) is 4.99 Å². The molecule has 0 fully saturated rings. The van der Waals surface area contributed by atoms with Crippen molar-refractivity contribution < 1.29 is 9.13 Å². The maximum Gasteiger partial charge on any atom is 0.191 e. The van der Waals surface area contributed by atoms with Gasteiger partial charge in [-0.3, -0.25) is 0 Å². The number of nitrogens with zero attached hydrogens (tertiary/aromatic N) is 4. The van der Waals surface area contributed by atoms with Gasteiger partial charge in [0.25, 0.3) is 0 Å². The third-order valence-electron chi connectivity index (χ3n) is 4.35. The number of aliphatic imine (C=N–C) groups is 1. The van der Waals surface area contributed by atoms with E-state index in [0.29, 0.717) is 24.8 Å². The summed E-state index contributed by atoms with van der Waals surface area (Å²) in [6, 6.07) is 6.15. The molecule has 1 aromatic heterocycles. The molecule has 2 N–H and O–H groups in total. The summed E-state index contributed by atoms with van der Waals surface area (Å²) in [6.07, 6.45) is 3.19. The largest absolute Gasteiger partial charge is 0.489 e. The lowest BCUT2D eigenvalue weighted by atomic mass is 10.2. The number of benzene rings is 1. The van der Waals surface area contributed by atoms with Crippen LogP contribution in [0.1, 0.15) is 38.3 Å². The molecule has 0 spiro atoms. The Morgan fingerprint density at radius 2 is 2.22 bits per heavy atom. The quantitative estimate of drug-likeness (QED) is 0.574. The highest BCUT2D eigenvalue weighted by molar-refractivity contribution is 5.79. The van der Waals surface area contributed by atoms with Gasteiger partial charge in [0.05, 0.1) is 6.54 Å². The van der Waals surface area contributed by atoms with Crippen molar-refractivity contribution in [3.8, 4) is 5.75 Å². The molecule has 27 heavy (non-hydrogen) atoms. The minimum absolute atomic E-state index is 0.142. The van der Waals surface area contributed by atoms with E-state index in [4.69, 9.17) is 4.74 Å². The van der Waals surface area contributed by atoms with Crippen LogP contribution in [0.2, 0.25) is 0 Å². The van der Waals surface area contributed by atoms with Crippen LogP contribution >= 0.6 is 0 Å². The number of aromatic nitrogens is 3. The zero-order valence-corrected chi connectivity index (χ0v) is 15.9. The molecule has 3 rings (SSSR count). The molecular weight excluding hydrogens is 347 g/mol. The van der Waals surface area contributed by atoms with Crippen LogP contribution in [0.15, 0.2) is 29.3 Å². The maximum atomic E-state index is 13.2. The van der Waals surface area contributed by atoms with Gasteiger partial charge in [0.2, 0.25) is 0 Å². The molecule has 1 unspecified atom stereocenters. The van der Waals surface area contributed by atoms with E-state index in [9.17, 15) is 4.39 Å². The van der Waals surface area contributed by atoms with Gasteiger partial charge in [-0.25, -0.2) is 9.38 Å². The molecule has 0 amide bonds. The summed E-state index contributed by atoms with van der Waals surface area (Å²) < 4.78 is 21.2. The van der Waals surface area contributed by atoms with Crippen molar-refractivity contribution in [1.29, 1.82) is 0 Å². The van der Waals surface area contributed by atoms with E-state index in [-0.39, 0.29) is 11.9 Å². The van der Waals surface area contributed by atoms with Gasteiger partial charge in [0.1, 0.15) is 30.0 Å². The Bertz CT molecular complexity index is 775. The van der Waals surface area contributed by atoms with Crippen molar-refractivity contribution in [1.82, 2.24) is 25.4 Å². The third kappa shape index (κ3) is 5.42. The van der Waals surface area contributed by atoms with Gasteiger partial charge in [-0.2, -0.15) is 0 Å². The first-order chi connectivity index (χ1) is 13.2. The van der Waals surface area contributed by atoms with E-state index in [1.54, 1.807) is 12.1 Å². The molecule has 2 heterocycles. The second kappa shape index (κ2) is 9.34. The fourth-order valence-electron chi connectivity index (χ4n) is 3.03. The van der Waals surface area contributed by atoms with Gasteiger partial charge in [-0.05, 0) is 38.8 Å². The van der Waals surface area contributed by atoms with Gasteiger partial charge >= 0.3 is 0 Å². The number of aryl methyl sites for hydroxylation is 1. The van der Waals surface area contributed by atoms with E-state index < -0.39 is 0 Å². The zero-order chi connectivity index (χ0) is 19.1. The average molecular weight is 374 g/mol. The summed E-state index contributed by atoms with van der Waals surface area (Å²) >= 11 is 0. The number of rotatable bonds is 7. The Hall–Kier alpha value is -2.64. The third-order valence-corrected chi connectivity index (χ3v) is 4.35. The molecule has 0 saturated heterocycles. The van der Waals surface area contributed by atoms with E-state index in [2.05, 4.69) is 30.4 Å². The number of nitrogens with one attached hydrogen (secondary N) is 2. The van der Waals surface area contributed by atoms with Crippen molar-refractivity contribution >= 4 is 5.96 Å². The number of fused-ring (bicyclic) bond motifs is 1. The van der Waals surface area contributed by atoms with Crippen molar-refractivity contribution in [3.05, 3.63) is 41.7 Å². The van der Waals surface area contributed by atoms with Crippen molar-refractivity contribution in [2.75, 3.05) is 13.1 Å². The zero-order valence-electron chi connectivity index (χ0n) is 15.9. The van der Waals surface area contributed by atoms with Crippen LogP contribution in [0.25, 0.3) is 0 Å². The highest BCUT2D eigenvalue weighted by Gasteiger charge is 2.15. The fraction of sp³-hybridized carbons (Fsp3) is 0.526. The van der Waals surface area contributed by atoms with Gasteiger partial charge in [0.15, 0.2) is 11.8 Å². The number of hydrogen-bond acceptors (Lipinski definition) is 4. The Labute approximate surface area is 159 Å². The maximum absolute atomic E-state index is 13.2. The molecular formula is C19H27FN6O. The van der Waals surface area contributed by atoms with Crippen LogP contribution in [0.3, 0.4) is 0 Å².